The van der Waals surface area contributed by atoms with Crippen LogP contribution < -0.4 is 5.11 Å². The van der Waals surface area contributed by atoms with Crippen LogP contribution in [0.5, 0.6) is 0 Å². The molecule has 0 N–H and O–H groups in total. The van der Waals surface area contributed by atoms with Gasteiger partial charge in [0.05, 0.1) is 18.0 Å². The highest BCUT2D eigenvalue weighted by Crippen LogP contribution is 2.16. The van der Waals surface area contributed by atoms with Gasteiger partial charge in [0, 0.05) is 5.25 Å². The molecule has 4 heteroatoms. The maximum absolute atomic E-state index is 10.3. The van der Waals surface area contributed by atoms with Crippen molar-refractivity contribution in [2.75, 3.05) is 0 Å². The van der Waals surface area contributed by atoms with Gasteiger partial charge in [0.2, 0.25) is 0 Å². The first-order valence-electron chi connectivity index (χ1n) is 3.55. The SMILES string of the molecule is CC(SCc1ccco1)C(=O)[O-]. The van der Waals surface area contributed by atoms with Crippen LogP contribution in [0.15, 0.2) is 22.8 Å². The third-order valence-electron chi connectivity index (χ3n) is 1.39. The summed E-state index contributed by atoms with van der Waals surface area (Å²) < 4.78 is 5.03. The Bertz CT molecular complexity index is 243. The van der Waals surface area contributed by atoms with Crippen molar-refractivity contribution in [1.29, 1.82) is 0 Å². The normalized spacial score (nSPS) is 12.8. The summed E-state index contributed by atoms with van der Waals surface area (Å²) in [6.45, 7) is 1.60. The van der Waals surface area contributed by atoms with E-state index in [1.54, 1.807) is 19.3 Å². The summed E-state index contributed by atoms with van der Waals surface area (Å²) >= 11 is 1.29. The second-order valence-electron chi connectivity index (χ2n) is 2.35. The molecular weight excluding hydrogens is 176 g/mol. The largest absolute Gasteiger partial charge is 0.549 e. The summed E-state index contributed by atoms with van der Waals surface area (Å²) in [4.78, 5) is 10.3. The molecule has 1 heterocycles. The van der Waals surface area contributed by atoms with Gasteiger partial charge >= 0.3 is 0 Å². The molecule has 3 nitrogen and oxygen atoms in total. The van der Waals surface area contributed by atoms with Gasteiger partial charge in [0.15, 0.2) is 0 Å². The van der Waals surface area contributed by atoms with Gasteiger partial charge in [-0.05, 0) is 19.1 Å². The first kappa shape index (κ1) is 9.19. The van der Waals surface area contributed by atoms with Crippen LogP contribution in [-0.2, 0) is 10.5 Å². The van der Waals surface area contributed by atoms with Crippen molar-refractivity contribution in [3.8, 4) is 0 Å². The van der Waals surface area contributed by atoms with Crippen LogP contribution in [0.4, 0.5) is 0 Å². The Morgan fingerprint density at radius 2 is 2.58 bits per heavy atom. The average Bonchev–Trinajstić information content (AvgIpc) is 2.51. The van der Waals surface area contributed by atoms with Gasteiger partial charge in [-0.25, -0.2) is 0 Å². The molecule has 0 bridgehead atoms. The number of carbonyl (C=O) groups is 1. The topological polar surface area (TPSA) is 53.3 Å². The van der Waals surface area contributed by atoms with Gasteiger partial charge in [-0.3, -0.25) is 0 Å². The minimum Gasteiger partial charge on any atom is -0.549 e. The average molecular weight is 185 g/mol. The van der Waals surface area contributed by atoms with Crippen LogP contribution in [0.1, 0.15) is 12.7 Å². The lowest BCUT2D eigenvalue weighted by Crippen LogP contribution is -2.31. The summed E-state index contributed by atoms with van der Waals surface area (Å²) in [6.07, 6.45) is 1.57. The Hall–Kier alpha value is -0.900. The molecule has 0 spiro atoms. The molecule has 0 aromatic carbocycles. The van der Waals surface area contributed by atoms with Gasteiger partial charge < -0.3 is 14.3 Å². The summed E-state index contributed by atoms with van der Waals surface area (Å²) in [5, 5.41) is 9.81. The molecule has 0 radical (unpaired) electrons. The van der Waals surface area contributed by atoms with Crippen molar-refractivity contribution in [3.05, 3.63) is 24.2 Å². The van der Waals surface area contributed by atoms with Gasteiger partial charge in [-0.15, -0.1) is 11.8 Å². The number of carboxylic acids is 1. The predicted molar refractivity (Wildman–Crippen MR) is 44.5 cm³/mol. The van der Waals surface area contributed by atoms with Crippen LogP contribution in [0, 0.1) is 0 Å². The van der Waals surface area contributed by atoms with E-state index in [4.69, 9.17) is 4.42 Å². The molecule has 1 unspecified atom stereocenters. The highest BCUT2D eigenvalue weighted by molar-refractivity contribution is 7.99. The minimum absolute atomic E-state index is 0.491. The second kappa shape index (κ2) is 4.21. The van der Waals surface area contributed by atoms with Gasteiger partial charge in [-0.1, -0.05) is 0 Å². The lowest BCUT2D eigenvalue weighted by Gasteiger charge is -2.09. The van der Waals surface area contributed by atoms with Crippen LogP contribution in [-0.4, -0.2) is 11.2 Å². The van der Waals surface area contributed by atoms with E-state index in [0.29, 0.717) is 5.75 Å². The third-order valence-corrected chi connectivity index (χ3v) is 2.53. The summed E-state index contributed by atoms with van der Waals surface area (Å²) in [5.41, 5.74) is 0. The van der Waals surface area contributed by atoms with Crippen LogP contribution >= 0.6 is 11.8 Å². The van der Waals surface area contributed by atoms with Gasteiger partial charge in [0.1, 0.15) is 5.76 Å². The van der Waals surface area contributed by atoms with Crippen molar-refractivity contribution >= 4 is 17.7 Å². The van der Waals surface area contributed by atoms with E-state index in [1.807, 2.05) is 6.07 Å². The molecule has 12 heavy (non-hydrogen) atoms. The molecule has 66 valence electrons. The standard InChI is InChI=1S/C8H10O3S/c1-6(8(9)10)12-5-7-3-2-4-11-7/h2-4,6H,5H2,1H3,(H,9,10)/p-1. The highest BCUT2D eigenvalue weighted by atomic mass is 32.2. The number of hydrogen-bond donors (Lipinski definition) is 0. The molecule has 1 aromatic rings. The summed E-state index contributed by atoms with van der Waals surface area (Å²) in [7, 11) is 0. The Labute approximate surface area is 74.8 Å². The first-order valence-corrected chi connectivity index (χ1v) is 4.60. The number of aliphatic carboxylic acids is 1. The number of thioether (sulfide) groups is 1. The predicted octanol–water partition coefficient (Wildman–Crippen LogP) is 0.651. The molecule has 1 atom stereocenters. The number of rotatable bonds is 4. The number of carboxylic acid groups (broad SMARTS) is 1. The maximum atomic E-state index is 10.3. The highest BCUT2D eigenvalue weighted by Gasteiger charge is 2.04. The fourth-order valence-electron chi connectivity index (χ4n) is 0.670. The molecule has 0 saturated heterocycles. The Morgan fingerprint density at radius 1 is 1.83 bits per heavy atom. The monoisotopic (exact) mass is 185 g/mol. The molecule has 0 aliphatic heterocycles. The molecule has 0 saturated carbocycles. The fourth-order valence-corrected chi connectivity index (χ4v) is 1.38. The van der Waals surface area contributed by atoms with Crippen molar-refractivity contribution in [2.45, 2.75) is 17.9 Å². The molecule has 1 rings (SSSR count). The lowest BCUT2D eigenvalue weighted by atomic mass is 10.5. The Morgan fingerprint density at radius 3 is 3.08 bits per heavy atom. The number of hydrogen-bond acceptors (Lipinski definition) is 4. The van der Waals surface area contributed by atoms with Crippen LogP contribution in [0.2, 0.25) is 0 Å². The number of carbonyl (C=O) groups excluding carboxylic acids is 1. The van der Waals surface area contributed by atoms with E-state index < -0.39 is 11.2 Å². The fraction of sp³-hybridized carbons (Fsp3) is 0.375. The van der Waals surface area contributed by atoms with E-state index in [1.165, 1.54) is 11.8 Å². The Balaban J connectivity index is 2.31. The quantitative estimate of drug-likeness (QED) is 0.691. The van der Waals surface area contributed by atoms with Gasteiger partial charge in [0.25, 0.3) is 0 Å². The van der Waals surface area contributed by atoms with Crippen LogP contribution in [0.25, 0.3) is 0 Å². The zero-order chi connectivity index (χ0) is 8.97. The van der Waals surface area contributed by atoms with Crippen molar-refractivity contribution in [2.24, 2.45) is 0 Å². The first-order chi connectivity index (χ1) is 5.70. The molecule has 0 amide bonds. The van der Waals surface area contributed by atoms with E-state index in [9.17, 15) is 9.90 Å². The Kier molecular flexibility index (Phi) is 3.22. The zero-order valence-electron chi connectivity index (χ0n) is 6.65. The summed E-state index contributed by atoms with van der Waals surface area (Å²) in [5.74, 6) is 0.321. The van der Waals surface area contributed by atoms with E-state index >= 15 is 0 Å². The lowest BCUT2D eigenvalue weighted by molar-refractivity contribution is -0.304. The molecular formula is C8H9O3S-. The zero-order valence-corrected chi connectivity index (χ0v) is 7.47. The van der Waals surface area contributed by atoms with Crippen molar-refractivity contribution in [3.63, 3.8) is 0 Å². The van der Waals surface area contributed by atoms with Crippen molar-refractivity contribution in [1.82, 2.24) is 0 Å². The third kappa shape index (κ3) is 2.62. The molecule has 0 aliphatic carbocycles. The van der Waals surface area contributed by atoms with Crippen molar-refractivity contribution < 1.29 is 14.3 Å². The second-order valence-corrected chi connectivity index (χ2v) is 3.68. The summed E-state index contributed by atoms with van der Waals surface area (Å²) in [6, 6.07) is 3.59. The van der Waals surface area contributed by atoms with E-state index in [-0.39, 0.29) is 0 Å². The van der Waals surface area contributed by atoms with E-state index in [0.717, 1.165) is 5.76 Å². The minimum atomic E-state index is -1.04. The maximum Gasteiger partial charge on any atom is 0.113 e. The molecule has 1 aromatic heterocycles. The molecule has 0 aliphatic rings. The smallest absolute Gasteiger partial charge is 0.113 e. The van der Waals surface area contributed by atoms with Gasteiger partial charge in [-0.2, -0.15) is 0 Å². The van der Waals surface area contributed by atoms with E-state index in [2.05, 4.69) is 0 Å². The molecule has 0 fully saturated rings. The number of furan rings is 1. The van der Waals surface area contributed by atoms with Crippen LogP contribution in [0.3, 0.4) is 0 Å².